The Bertz CT molecular complexity index is 800. The molecule has 0 aliphatic heterocycles. The summed E-state index contributed by atoms with van der Waals surface area (Å²) in [6.45, 7) is 2.38. The summed E-state index contributed by atoms with van der Waals surface area (Å²) in [6.07, 6.45) is 5.97. The van der Waals surface area contributed by atoms with Crippen LogP contribution in [0.15, 0.2) is 46.5 Å². The van der Waals surface area contributed by atoms with Crippen LogP contribution in [0.25, 0.3) is 6.08 Å². The van der Waals surface area contributed by atoms with E-state index in [0.29, 0.717) is 22.3 Å². The van der Waals surface area contributed by atoms with Crippen LogP contribution in [0.3, 0.4) is 0 Å². The topological polar surface area (TPSA) is 61.2 Å². The van der Waals surface area contributed by atoms with Crippen LogP contribution in [0.5, 0.6) is 0 Å². The van der Waals surface area contributed by atoms with Gasteiger partial charge in [0, 0.05) is 17.3 Å². The highest BCUT2D eigenvalue weighted by atomic mass is 35.5. The van der Waals surface area contributed by atoms with Crippen molar-refractivity contribution in [1.29, 1.82) is 0 Å². The summed E-state index contributed by atoms with van der Waals surface area (Å²) in [5.74, 6) is -0.491. The molecule has 2 aromatic rings. The van der Waals surface area contributed by atoms with Crippen molar-refractivity contribution in [3.05, 3.63) is 63.0 Å². The van der Waals surface area contributed by atoms with E-state index in [1.807, 2.05) is 18.4 Å². The Morgan fingerprint density at radius 2 is 2.08 bits per heavy atom. The molecule has 0 amide bonds. The van der Waals surface area contributed by atoms with E-state index in [1.165, 1.54) is 30.1 Å². The molecule has 2 rings (SSSR count). The van der Waals surface area contributed by atoms with E-state index >= 15 is 0 Å². The second-order valence-electron chi connectivity index (χ2n) is 4.80. The number of halogens is 1. The van der Waals surface area contributed by atoms with Crippen LogP contribution in [0, 0.1) is 0 Å². The fourth-order valence-corrected chi connectivity index (χ4v) is 2.68. The molecule has 0 unspecified atom stereocenters. The summed E-state index contributed by atoms with van der Waals surface area (Å²) in [5.41, 5.74) is 1.05. The number of aromatic nitrogens is 2. The van der Waals surface area contributed by atoms with E-state index in [4.69, 9.17) is 16.3 Å². The average Bonchev–Trinajstić information content (AvgIpc) is 2.57. The van der Waals surface area contributed by atoms with Crippen LogP contribution in [0.4, 0.5) is 0 Å². The van der Waals surface area contributed by atoms with Crippen LogP contribution in [0.2, 0.25) is 5.02 Å². The Balaban J connectivity index is 2.35. The Morgan fingerprint density at radius 3 is 2.71 bits per heavy atom. The number of carbonyl (C=O) groups is 1. The standard InChI is InChI=1S/C17H17ClN2O3S/c1-3-23-15(21)9-6-13-10-19-17(24-2)20(16(13)22)11-12-4-7-14(18)8-5-12/h4-10H,3,11H2,1-2H3. The number of rotatable bonds is 6. The van der Waals surface area contributed by atoms with Gasteiger partial charge in [0.2, 0.25) is 0 Å². The predicted molar refractivity (Wildman–Crippen MR) is 96.5 cm³/mol. The third kappa shape index (κ3) is 4.72. The Hall–Kier alpha value is -2.05. The van der Waals surface area contributed by atoms with Crippen molar-refractivity contribution in [2.75, 3.05) is 12.9 Å². The van der Waals surface area contributed by atoms with Crippen LogP contribution in [-0.4, -0.2) is 28.4 Å². The van der Waals surface area contributed by atoms with E-state index in [2.05, 4.69) is 4.98 Å². The van der Waals surface area contributed by atoms with Crippen molar-refractivity contribution >= 4 is 35.4 Å². The molecule has 0 saturated heterocycles. The van der Waals surface area contributed by atoms with Crippen molar-refractivity contribution in [2.45, 2.75) is 18.6 Å². The highest BCUT2D eigenvalue weighted by Crippen LogP contribution is 2.14. The van der Waals surface area contributed by atoms with E-state index in [-0.39, 0.29) is 12.2 Å². The number of hydrogen-bond donors (Lipinski definition) is 0. The smallest absolute Gasteiger partial charge is 0.330 e. The van der Waals surface area contributed by atoms with Gasteiger partial charge >= 0.3 is 5.97 Å². The maximum absolute atomic E-state index is 12.7. The molecule has 5 nitrogen and oxygen atoms in total. The van der Waals surface area contributed by atoms with Gasteiger partial charge in [-0.25, -0.2) is 9.78 Å². The Kier molecular flexibility index (Phi) is 6.63. The minimum Gasteiger partial charge on any atom is -0.463 e. The van der Waals surface area contributed by atoms with Crippen LogP contribution in [0.1, 0.15) is 18.1 Å². The molecule has 1 aromatic carbocycles. The van der Waals surface area contributed by atoms with Gasteiger partial charge in [-0.3, -0.25) is 9.36 Å². The molecule has 7 heteroatoms. The lowest BCUT2D eigenvalue weighted by molar-refractivity contribution is -0.137. The number of nitrogens with zero attached hydrogens (tertiary/aromatic N) is 2. The van der Waals surface area contributed by atoms with E-state index in [1.54, 1.807) is 23.6 Å². The molecule has 0 bridgehead atoms. The van der Waals surface area contributed by atoms with E-state index in [0.717, 1.165) is 5.56 Å². The summed E-state index contributed by atoms with van der Waals surface area (Å²) in [6, 6.07) is 7.28. The number of esters is 1. The van der Waals surface area contributed by atoms with Crippen LogP contribution < -0.4 is 5.56 Å². The quantitative estimate of drug-likeness (QED) is 0.341. The zero-order valence-electron chi connectivity index (χ0n) is 13.4. The number of hydrogen-bond acceptors (Lipinski definition) is 5. The maximum Gasteiger partial charge on any atom is 0.330 e. The third-order valence-electron chi connectivity index (χ3n) is 3.16. The SMILES string of the molecule is CCOC(=O)C=Cc1cnc(SC)n(Cc2ccc(Cl)cc2)c1=O. The number of benzene rings is 1. The zero-order chi connectivity index (χ0) is 17.5. The molecule has 1 aromatic heterocycles. The first-order chi connectivity index (χ1) is 11.5. The predicted octanol–water partition coefficient (Wildman–Crippen LogP) is 3.24. The number of thioether (sulfide) groups is 1. The zero-order valence-corrected chi connectivity index (χ0v) is 14.9. The minimum absolute atomic E-state index is 0.218. The minimum atomic E-state index is -0.491. The molecule has 0 N–H and O–H groups in total. The summed E-state index contributed by atoms with van der Waals surface area (Å²) in [4.78, 5) is 28.4. The van der Waals surface area contributed by atoms with Gasteiger partial charge in [-0.1, -0.05) is 35.5 Å². The molecule has 0 fully saturated rings. The van der Waals surface area contributed by atoms with E-state index < -0.39 is 5.97 Å². The molecule has 0 radical (unpaired) electrons. The van der Waals surface area contributed by atoms with Crippen molar-refractivity contribution in [1.82, 2.24) is 9.55 Å². The van der Waals surface area contributed by atoms with Gasteiger partial charge in [0.15, 0.2) is 5.16 Å². The van der Waals surface area contributed by atoms with Crippen LogP contribution in [-0.2, 0) is 16.1 Å². The summed E-state index contributed by atoms with van der Waals surface area (Å²) >= 11 is 7.27. The van der Waals surface area contributed by atoms with Gasteiger partial charge in [-0.15, -0.1) is 0 Å². The van der Waals surface area contributed by atoms with Gasteiger partial charge in [-0.05, 0) is 37.0 Å². The molecule has 0 spiro atoms. The normalized spacial score (nSPS) is 11.0. The van der Waals surface area contributed by atoms with Crippen molar-refractivity contribution < 1.29 is 9.53 Å². The molecule has 0 aliphatic rings. The number of carbonyl (C=O) groups excluding carboxylic acids is 1. The van der Waals surface area contributed by atoms with Crippen molar-refractivity contribution in [2.24, 2.45) is 0 Å². The first kappa shape index (κ1) is 18.3. The fourth-order valence-electron chi connectivity index (χ4n) is 2.03. The second-order valence-corrected chi connectivity index (χ2v) is 6.01. The fraction of sp³-hybridized carbons (Fsp3) is 0.235. The summed E-state index contributed by atoms with van der Waals surface area (Å²) in [5, 5.41) is 1.24. The second kappa shape index (κ2) is 8.70. The molecular formula is C17H17ClN2O3S. The molecule has 1 heterocycles. The van der Waals surface area contributed by atoms with Gasteiger partial charge in [0.05, 0.1) is 18.7 Å². The first-order valence-corrected chi connectivity index (χ1v) is 8.88. The van der Waals surface area contributed by atoms with Gasteiger partial charge in [0.25, 0.3) is 5.56 Å². The monoisotopic (exact) mass is 364 g/mol. The van der Waals surface area contributed by atoms with Crippen molar-refractivity contribution in [3.63, 3.8) is 0 Å². The lowest BCUT2D eigenvalue weighted by Crippen LogP contribution is -2.25. The lowest BCUT2D eigenvalue weighted by atomic mass is 10.2. The van der Waals surface area contributed by atoms with Gasteiger partial charge in [-0.2, -0.15) is 0 Å². The lowest BCUT2D eigenvalue weighted by Gasteiger charge is -2.11. The highest BCUT2D eigenvalue weighted by molar-refractivity contribution is 7.98. The molecule has 0 saturated carbocycles. The molecule has 0 atom stereocenters. The largest absolute Gasteiger partial charge is 0.463 e. The van der Waals surface area contributed by atoms with Crippen molar-refractivity contribution in [3.8, 4) is 0 Å². The van der Waals surface area contributed by atoms with Gasteiger partial charge in [0.1, 0.15) is 0 Å². The molecule has 126 valence electrons. The van der Waals surface area contributed by atoms with E-state index in [9.17, 15) is 9.59 Å². The van der Waals surface area contributed by atoms with Crippen LogP contribution >= 0.6 is 23.4 Å². The summed E-state index contributed by atoms with van der Waals surface area (Å²) in [7, 11) is 0. The molecular weight excluding hydrogens is 348 g/mol. The van der Waals surface area contributed by atoms with Gasteiger partial charge < -0.3 is 4.74 Å². The first-order valence-electron chi connectivity index (χ1n) is 7.28. The highest BCUT2D eigenvalue weighted by Gasteiger charge is 2.09. The Morgan fingerprint density at radius 1 is 1.38 bits per heavy atom. The molecule has 0 aliphatic carbocycles. The molecule has 24 heavy (non-hydrogen) atoms. The Labute approximate surface area is 149 Å². The maximum atomic E-state index is 12.7. The average molecular weight is 365 g/mol. The number of ether oxygens (including phenoxy) is 1. The third-order valence-corrected chi connectivity index (χ3v) is 4.10. The summed E-state index contributed by atoms with van der Waals surface area (Å²) < 4.78 is 6.38.